The molecule has 0 amide bonds. The van der Waals surface area contributed by atoms with E-state index in [0.29, 0.717) is 30.3 Å². The molecule has 1 N–H and O–H groups in total. The first-order chi connectivity index (χ1) is 18.4. The normalized spacial score (nSPS) is 41.6. The van der Waals surface area contributed by atoms with E-state index in [9.17, 15) is 5.11 Å². The first kappa shape index (κ1) is 24.1. The zero-order valence-electron chi connectivity index (χ0n) is 22.6. The van der Waals surface area contributed by atoms with Gasteiger partial charge in [0.05, 0.1) is 13.2 Å². The van der Waals surface area contributed by atoms with Crippen LogP contribution in [-0.4, -0.2) is 30.5 Å². The quantitative estimate of drug-likeness (QED) is 0.407. The predicted molar refractivity (Wildman–Crippen MR) is 147 cm³/mol. The summed E-state index contributed by atoms with van der Waals surface area (Å²) >= 11 is 6.24. The van der Waals surface area contributed by atoms with Crippen LogP contribution in [0.3, 0.4) is 0 Å². The van der Waals surface area contributed by atoms with E-state index in [0.717, 1.165) is 47.9 Å². The number of hydrogen-bond acceptors (Lipinski definition) is 4. The second-order valence-corrected chi connectivity index (χ2v) is 14.3. The molecule has 1 aliphatic heterocycles. The van der Waals surface area contributed by atoms with Gasteiger partial charge in [-0.15, -0.1) is 0 Å². The van der Waals surface area contributed by atoms with Crippen molar-refractivity contribution in [2.75, 3.05) is 13.7 Å². The summed E-state index contributed by atoms with van der Waals surface area (Å²) in [6.45, 7) is 3.82. The van der Waals surface area contributed by atoms with Crippen molar-refractivity contribution in [3.8, 4) is 11.5 Å². The molecule has 4 bridgehead atoms. The van der Waals surface area contributed by atoms with E-state index >= 15 is 0 Å². The minimum atomic E-state index is -0.412. The van der Waals surface area contributed by atoms with Gasteiger partial charge in [0.25, 0.3) is 0 Å². The molecule has 7 aliphatic rings. The molecule has 5 fully saturated rings. The summed E-state index contributed by atoms with van der Waals surface area (Å²) in [6, 6.07) is 12.0. The molecule has 2 aromatic rings. The van der Waals surface area contributed by atoms with Crippen LogP contribution in [0.5, 0.6) is 11.5 Å². The highest BCUT2D eigenvalue weighted by atomic mass is 35.5. The molecular weight excluding hydrogens is 496 g/mol. The lowest BCUT2D eigenvalue weighted by Gasteiger charge is -2.75. The van der Waals surface area contributed by atoms with Gasteiger partial charge in [0.1, 0.15) is 11.7 Å². The maximum atomic E-state index is 11.0. The second kappa shape index (κ2) is 7.92. The Labute approximate surface area is 231 Å². The molecule has 1 unspecified atom stereocenters. The van der Waals surface area contributed by atoms with Gasteiger partial charge in [-0.2, -0.15) is 0 Å². The van der Waals surface area contributed by atoms with E-state index in [2.05, 4.69) is 19.1 Å². The Balaban J connectivity index is 1.22. The van der Waals surface area contributed by atoms with Gasteiger partial charge in [-0.05, 0) is 96.9 Å². The standard InChI is InChI=1S/C33H39ClO4/c1-30(16-20-6-7-20)10-12-32-27-22-8-9-25(35)28(27)38-29(32)33(36-2)13-11-31(32,26(30)15-22)17-23(33)19-37-18-21-4-3-5-24(34)14-21/h3-5,8-9,14,20,23,26,29,35H,6-7,10-13,15-19H2,1-2H3/t23-,26+,29-,30?,31-,32+,33-/m1/s1. The van der Waals surface area contributed by atoms with Crippen molar-refractivity contribution in [2.45, 2.75) is 88.4 Å². The van der Waals surface area contributed by atoms with E-state index in [4.69, 9.17) is 25.8 Å². The predicted octanol–water partition coefficient (Wildman–Crippen LogP) is 7.22. The van der Waals surface area contributed by atoms with Crippen LogP contribution in [0.2, 0.25) is 5.02 Å². The Morgan fingerprint density at radius 3 is 2.76 bits per heavy atom. The van der Waals surface area contributed by atoms with Crippen LogP contribution < -0.4 is 4.74 Å². The third-order valence-corrected chi connectivity index (χ3v) is 12.5. The number of phenols is 1. The van der Waals surface area contributed by atoms with E-state index in [1.807, 2.05) is 31.4 Å². The minimum absolute atomic E-state index is 0.0693. The lowest BCUT2D eigenvalue weighted by molar-refractivity contribution is -0.294. The average molecular weight is 535 g/mol. The van der Waals surface area contributed by atoms with Gasteiger partial charge in [0, 0.05) is 29.0 Å². The summed E-state index contributed by atoms with van der Waals surface area (Å²) < 4.78 is 20.0. The first-order valence-electron chi connectivity index (χ1n) is 14.7. The van der Waals surface area contributed by atoms with Crippen LogP contribution in [0, 0.1) is 28.6 Å². The Morgan fingerprint density at radius 1 is 1.11 bits per heavy atom. The van der Waals surface area contributed by atoms with Crippen molar-refractivity contribution in [3.05, 3.63) is 58.1 Å². The van der Waals surface area contributed by atoms with Crippen LogP contribution in [0.4, 0.5) is 0 Å². The van der Waals surface area contributed by atoms with Gasteiger partial charge in [0.2, 0.25) is 0 Å². The number of fused-ring (bicyclic) bond motifs is 2. The largest absolute Gasteiger partial charge is 0.504 e. The molecule has 6 aliphatic carbocycles. The van der Waals surface area contributed by atoms with Gasteiger partial charge >= 0.3 is 0 Å². The maximum absolute atomic E-state index is 11.0. The third kappa shape index (κ3) is 2.90. The van der Waals surface area contributed by atoms with Crippen molar-refractivity contribution >= 4 is 11.6 Å². The Bertz CT molecular complexity index is 1310. The van der Waals surface area contributed by atoms with Crippen LogP contribution in [0.25, 0.3) is 0 Å². The third-order valence-electron chi connectivity index (χ3n) is 12.3. The highest BCUT2D eigenvalue weighted by molar-refractivity contribution is 6.30. The van der Waals surface area contributed by atoms with Crippen LogP contribution in [0.1, 0.15) is 75.0 Å². The molecular formula is C33H39ClO4. The molecule has 0 aromatic heterocycles. The van der Waals surface area contributed by atoms with Gasteiger partial charge in [0.15, 0.2) is 11.5 Å². The fraction of sp³-hybridized carbons (Fsp3) is 0.636. The number of rotatable bonds is 7. The summed E-state index contributed by atoms with van der Waals surface area (Å²) in [5.41, 5.74) is 3.90. The Kier molecular flexibility index (Phi) is 5.02. The summed E-state index contributed by atoms with van der Waals surface area (Å²) in [5.74, 6) is 2.85. The molecule has 2 spiro atoms. The van der Waals surface area contributed by atoms with Crippen molar-refractivity contribution in [2.24, 2.45) is 28.6 Å². The van der Waals surface area contributed by atoms with Crippen LogP contribution in [0.15, 0.2) is 36.4 Å². The molecule has 4 nitrogen and oxygen atoms in total. The molecule has 0 radical (unpaired) electrons. The monoisotopic (exact) mass is 534 g/mol. The maximum Gasteiger partial charge on any atom is 0.165 e. The van der Waals surface area contributed by atoms with E-state index in [-0.39, 0.29) is 22.9 Å². The molecule has 9 rings (SSSR count). The minimum Gasteiger partial charge on any atom is -0.504 e. The smallest absolute Gasteiger partial charge is 0.165 e. The molecule has 0 saturated heterocycles. The van der Waals surface area contributed by atoms with Gasteiger partial charge in [-0.25, -0.2) is 0 Å². The first-order valence-corrected chi connectivity index (χ1v) is 15.1. The number of benzene rings is 2. The van der Waals surface area contributed by atoms with Crippen LogP contribution in [-0.2, 0) is 27.9 Å². The number of aromatic hydroxyl groups is 1. The van der Waals surface area contributed by atoms with Crippen molar-refractivity contribution in [3.63, 3.8) is 0 Å². The summed E-state index contributed by atoms with van der Waals surface area (Å²) in [6.07, 6.45) is 10.9. The highest BCUT2D eigenvalue weighted by Gasteiger charge is 2.81. The zero-order chi connectivity index (χ0) is 25.9. The number of methoxy groups -OCH3 is 1. The molecule has 7 atom stereocenters. The average Bonchev–Trinajstić information content (AvgIpc) is 3.63. The zero-order valence-corrected chi connectivity index (χ0v) is 23.4. The summed E-state index contributed by atoms with van der Waals surface area (Å²) in [7, 11) is 1.88. The van der Waals surface area contributed by atoms with Gasteiger partial charge in [-0.1, -0.05) is 49.6 Å². The molecule has 5 heteroatoms. The Morgan fingerprint density at radius 2 is 1.97 bits per heavy atom. The van der Waals surface area contributed by atoms with E-state index in [1.165, 1.54) is 43.2 Å². The molecule has 38 heavy (non-hydrogen) atoms. The van der Waals surface area contributed by atoms with Gasteiger partial charge < -0.3 is 19.3 Å². The van der Waals surface area contributed by atoms with Crippen molar-refractivity contribution in [1.29, 1.82) is 0 Å². The SMILES string of the molecule is CO[C@]12CC[C@@]3(C[C@@H]1COCc1cccc(Cl)c1)[C@H]1Cc4ccc(O)c5c4[C@@]3(CCC1(C)CC1CC1)[C@H]2O5. The van der Waals surface area contributed by atoms with E-state index < -0.39 is 5.60 Å². The van der Waals surface area contributed by atoms with Crippen molar-refractivity contribution in [1.82, 2.24) is 0 Å². The fourth-order valence-corrected chi connectivity index (χ4v) is 10.9. The summed E-state index contributed by atoms with van der Waals surface area (Å²) in [4.78, 5) is 0. The highest BCUT2D eigenvalue weighted by Crippen LogP contribution is 2.81. The number of phenolic OH excluding ortho intramolecular Hbond substituents is 1. The van der Waals surface area contributed by atoms with E-state index in [1.54, 1.807) is 0 Å². The number of halogens is 1. The topological polar surface area (TPSA) is 47.9 Å². The van der Waals surface area contributed by atoms with Gasteiger partial charge in [-0.3, -0.25) is 0 Å². The molecule has 5 saturated carbocycles. The second-order valence-electron chi connectivity index (χ2n) is 13.8. The van der Waals surface area contributed by atoms with Crippen LogP contribution >= 0.6 is 11.6 Å². The molecule has 2 aromatic carbocycles. The Hall–Kier alpha value is -1.75. The molecule has 1 heterocycles. The lowest BCUT2D eigenvalue weighted by Crippen LogP contribution is -2.79. The lowest BCUT2D eigenvalue weighted by atomic mass is 9.29. The fourth-order valence-electron chi connectivity index (χ4n) is 10.7. The number of ether oxygens (including phenoxy) is 3. The summed E-state index contributed by atoms with van der Waals surface area (Å²) in [5, 5.41) is 11.8. The van der Waals surface area contributed by atoms with Crippen molar-refractivity contribution < 1.29 is 19.3 Å². The molecule has 202 valence electrons. The number of hydrogen-bond donors (Lipinski definition) is 1.